The Hall–Kier alpha value is -2.36. The first-order chi connectivity index (χ1) is 12.5. The minimum Gasteiger partial charge on any atom is -0.294 e. The first-order valence-electron chi connectivity index (χ1n) is 8.24. The first-order valence-corrected chi connectivity index (χ1v) is 9.41. The maximum atomic E-state index is 6.58. The molecule has 0 aliphatic carbocycles. The summed E-state index contributed by atoms with van der Waals surface area (Å²) in [6.07, 6.45) is 0. The Morgan fingerprint density at radius 1 is 0.962 bits per heavy atom. The third-order valence-corrected chi connectivity index (χ3v) is 5.16. The highest BCUT2D eigenvalue weighted by atomic mass is 79.9. The van der Waals surface area contributed by atoms with E-state index in [-0.39, 0.29) is 0 Å². The van der Waals surface area contributed by atoms with Crippen molar-refractivity contribution < 1.29 is 0 Å². The Morgan fingerprint density at radius 2 is 1.69 bits per heavy atom. The van der Waals surface area contributed by atoms with Gasteiger partial charge < -0.3 is 0 Å². The minimum atomic E-state index is 0.677. The van der Waals surface area contributed by atoms with Gasteiger partial charge in [0.1, 0.15) is 5.84 Å². The quantitative estimate of drug-likeness (QED) is 0.434. The average molecular weight is 424 g/mol. The molecular formula is C22H16BrClN2. The molecule has 1 aliphatic rings. The van der Waals surface area contributed by atoms with E-state index in [4.69, 9.17) is 16.6 Å². The van der Waals surface area contributed by atoms with E-state index >= 15 is 0 Å². The normalized spacial score (nSPS) is 13.4. The van der Waals surface area contributed by atoms with Gasteiger partial charge in [-0.05, 0) is 55.0 Å². The van der Waals surface area contributed by atoms with Gasteiger partial charge in [0.25, 0.3) is 0 Å². The predicted octanol–water partition coefficient (Wildman–Crippen LogP) is 6.98. The molecule has 0 spiro atoms. The van der Waals surface area contributed by atoms with Crippen molar-refractivity contribution in [3.8, 4) is 0 Å². The number of aryl methyl sites for hydroxylation is 1. The third-order valence-electron chi connectivity index (χ3n) is 4.36. The molecule has 26 heavy (non-hydrogen) atoms. The first kappa shape index (κ1) is 17.1. The van der Waals surface area contributed by atoms with E-state index in [0.717, 1.165) is 44.1 Å². The van der Waals surface area contributed by atoms with Gasteiger partial charge in [-0.25, -0.2) is 4.99 Å². The van der Waals surface area contributed by atoms with E-state index in [2.05, 4.69) is 27.4 Å². The molecule has 4 heteroatoms. The van der Waals surface area contributed by atoms with Crippen LogP contribution in [-0.4, -0.2) is 5.84 Å². The lowest BCUT2D eigenvalue weighted by atomic mass is 10.0. The molecule has 3 aromatic rings. The van der Waals surface area contributed by atoms with Crippen molar-refractivity contribution in [3.05, 3.63) is 99.5 Å². The highest BCUT2D eigenvalue weighted by molar-refractivity contribution is 9.10. The van der Waals surface area contributed by atoms with Crippen molar-refractivity contribution in [2.45, 2.75) is 6.92 Å². The number of hydrogen-bond acceptors (Lipinski definition) is 2. The Morgan fingerprint density at radius 3 is 2.42 bits per heavy atom. The second-order valence-electron chi connectivity index (χ2n) is 6.20. The number of halogens is 2. The average Bonchev–Trinajstić information content (AvgIpc) is 2.62. The predicted molar refractivity (Wildman–Crippen MR) is 114 cm³/mol. The van der Waals surface area contributed by atoms with Crippen LogP contribution in [0.4, 0.5) is 11.4 Å². The molecule has 1 aliphatic heterocycles. The van der Waals surface area contributed by atoms with Gasteiger partial charge in [0, 0.05) is 27.0 Å². The number of hydrogen-bond donors (Lipinski definition) is 0. The van der Waals surface area contributed by atoms with Gasteiger partial charge in [-0.1, -0.05) is 58.4 Å². The number of rotatable bonds is 2. The Labute approximate surface area is 166 Å². The molecule has 0 unspecified atom stereocenters. The summed E-state index contributed by atoms with van der Waals surface area (Å²) in [5.41, 5.74) is 5.75. The van der Waals surface area contributed by atoms with E-state index in [1.54, 1.807) is 0 Å². The molecule has 0 saturated heterocycles. The fourth-order valence-electron chi connectivity index (χ4n) is 3.09. The van der Waals surface area contributed by atoms with Crippen LogP contribution in [0.2, 0.25) is 5.02 Å². The number of aliphatic imine (C=N–C) groups is 1. The number of anilines is 1. The highest BCUT2D eigenvalue weighted by Crippen LogP contribution is 2.40. The SMILES string of the molecule is C=C1c2ccc(Br)cc2N=C(c2ccc(C)cc2Cl)N1c1ccccc1. The lowest BCUT2D eigenvalue weighted by molar-refractivity contribution is 1.27. The number of para-hydroxylation sites is 1. The minimum absolute atomic E-state index is 0.677. The van der Waals surface area contributed by atoms with Crippen LogP contribution in [0, 0.1) is 6.92 Å². The fourth-order valence-corrected chi connectivity index (χ4v) is 3.76. The number of amidine groups is 1. The van der Waals surface area contributed by atoms with E-state index in [1.807, 2.05) is 73.7 Å². The molecule has 3 aromatic carbocycles. The van der Waals surface area contributed by atoms with Crippen molar-refractivity contribution in [3.63, 3.8) is 0 Å². The second-order valence-corrected chi connectivity index (χ2v) is 7.52. The van der Waals surface area contributed by atoms with E-state index in [9.17, 15) is 0 Å². The summed E-state index contributed by atoms with van der Waals surface area (Å²) in [4.78, 5) is 7.00. The molecule has 0 amide bonds. The van der Waals surface area contributed by atoms with Crippen molar-refractivity contribution in [2.75, 3.05) is 4.90 Å². The zero-order valence-corrected chi connectivity index (χ0v) is 16.6. The van der Waals surface area contributed by atoms with Gasteiger partial charge >= 0.3 is 0 Å². The molecule has 0 atom stereocenters. The molecule has 0 bridgehead atoms. The number of benzene rings is 3. The second kappa shape index (κ2) is 6.75. The molecule has 0 aromatic heterocycles. The van der Waals surface area contributed by atoms with Crippen LogP contribution in [0.3, 0.4) is 0 Å². The molecule has 128 valence electrons. The lowest BCUT2D eigenvalue weighted by Gasteiger charge is -2.33. The van der Waals surface area contributed by atoms with Crippen LogP contribution in [-0.2, 0) is 0 Å². The van der Waals surface area contributed by atoms with Crippen molar-refractivity contribution in [2.24, 2.45) is 4.99 Å². The Bertz CT molecular complexity index is 1040. The van der Waals surface area contributed by atoms with Gasteiger partial charge in [0.2, 0.25) is 0 Å². The van der Waals surface area contributed by atoms with E-state index < -0.39 is 0 Å². The summed E-state index contributed by atoms with van der Waals surface area (Å²) in [5, 5.41) is 0.677. The standard InChI is InChI=1S/C22H16BrClN2/c1-14-8-10-19(20(24)12-14)22-25-21-13-16(23)9-11-18(21)15(2)26(22)17-6-4-3-5-7-17/h3-13H,2H2,1H3. The van der Waals surface area contributed by atoms with Gasteiger partial charge in [0.15, 0.2) is 0 Å². The third kappa shape index (κ3) is 2.98. The molecule has 0 fully saturated rings. The van der Waals surface area contributed by atoms with Crippen molar-refractivity contribution in [1.82, 2.24) is 0 Å². The smallest absolute Gasteiger partial charge is 0.147 e. The number of fused-ring (bicyclic) bond motifs is 1. The lowest BCUT2D eigenvalue weighted by Crippen LogP contribution is -2.32. The molecule has 0 radical (unpaired) electrons. The van der Waals surface area contributed by atoms with Crippen molar-refractivity contribution in [1.29, 1.82) is 0 Å². The monoisotopic (exact) mass is 422 g/mol. The number of nitrogens with zero attached hydrogens (tertiary/aromatic N) is 2. The molecule has 1 heterocycles. The molecule has 2 nitrogen and oxygen atoms in total. The summed E-state index contributed by atoms with van der Waals surface area (Å²) in [6, 6.07) is 22.2. The van der Waals surface area contributed by atoms with Crippen LogP contribution in [0.25, 0.3) is 5.70 Å². The summed E-state index contributed by atoms with van der Waals surface area (Å²) in [5.74, 6) is 0.775. The van der Waals surface area contributed by atoms with Gasteiger partial charge in [0.05, 0.1) is 10.7 Å². The van der Waals surface area contributed by atoms with Crippen LogP contribution in [0.5, 0.6) is 0 Å². The maximum Gasteiger partial charge on any atom is 0.147 e. The van der Waals surface area contributed by atoms with Gasteiger partial charge in [-0.2, -0.15) is 0 Å². The Kier molecular flexibility index (Phi) is 4.43. The summed E-state index contributed by atoms with van der Waals surface area (Å²) >= 11 is 10.1. The van der Waals surface area contributed by atoms with Crippen LogP contribution in [0.1, 0.15) is 16.7 Å². The van der Waals surface area contributed by atoms with Gasteiger partial charge in [-0.3, -0.25) is 4.90 Å². The largest absolute Gasteiger partial charge is 0.294 e. The fraction of sp³-hybridized carbons (Fsp3) is 0.0455. The van der Waals surface area contributed by atoms with Crippen LogP contribution >= 0.6 is 27.5 Å². The zero-order chi connectivity index (χ0) is 18.3. The molecule has 4 rings (SSSR count). The van der Waals surface area contributed by atoms with E-state index in [1.165, 1.54) is 0 Å². The summed E-state index contributed by atoms with van der Waals surface area (Å²) < 4.78 is 0.982. The van der Waals surface area contributed by atoms with Gasteiger partial charge in [-0.15, -0.1) is 0 Å². The maximum absolute atomic E-state index is 6.58. The van der Waals surface area contributed by atoms with Crippen molar-refractivity contribution >= 4 is 50.4 Å². The van der Waals surface area contributed by atoms with Crippen LogP contribution in [0.15, 0.2) is 82.8 Å². The highest BCUT2D eigenvalue weighted by Gasteiger charge is 2.27. The zero-order valence-electron chi connectivity index (χ0n) is 14.2. The molecule has 0 saturated carbocycles. The van der Waals surface area contributed by atoms with Crippen LogP contribution < -0.4 is 4.90 Å². The summed E-state index contributed by atoms with van der Waals surface area (Å²) in [7, 11) is 0. The topological polar surface area (TPSA) is 15.6 Å². The Balaban J connectivity index is 1.98. The molecule has 0 N–H and O–H groups in total. The molecular weight excluding hydrogens is 408 g/mol. The summed E-state index contributed by atoms with van der Waals surface area (Å²) in [6.45, 7) is 6.38. The van der Waals surface area contributed by atoms with E-state index in [0.29, 0.717) is 5.02 Å².